The van der Waals surface area contributed by atoms with E-state index < -0.39 is 6.23 Å². The Balaban J connectivity index is 2.22. The third kappa shape index (κ3) is 8.83. The van der Waals surface area contributed by atoms with Crippen LogP contribution in [0.1, 0.15) is 78.1 Å². The van der Waals surface area contributed by atoms with Gasteiger partial charge in [0, 0.05) is 6.04 Å². The summed E-state index contributed by atoms with van der Waals surface area (Å²) in [7, 11) is 1.98. The molecule has 1 rings (SSSR count). The molecule has 0 bridgehead atoms. The number of aldehydes is 1. The molecule has 1 aliphatic carbocycles. The van der Waals surface area contributed by atoms with Gasteiger partial charge in [-0.15, -0.1) is 0 Å². The molecule has 0 aromatic carbocycles. The Kier molecular flexibility index (Phi) is 10.7. The SMILES string of the molecule is CNC(C)CCCCC(C=O)NC(O)C(C)CC1CCCCC1. The Morgan fingerprint density at radius 2 is 1.78 bits per heavy atom. The van der Waals surface area contributed by atoms with Crippen molar-refractivity contribution >= 4 is 6.29 Å². The molecule has 0 aromatic rings. The van der Waals surface area contributed by atoms with Crippen LogP contribution in [-0.4, -0.2) is 36.8 Å². The Hall–Kier alpha value is -0.450. The van der Waals surface area contributed by atoms with Crippen molar-refractivity contribution in [1.82, 2.24) is 10.6 Å². The van der Waals surface area contributed by atoms with E-state index in [1.165, 1.54) is 32.1 Å². The molecule has 4 unspecified atom stereocenters. The monoisotopic (exact) mass is 326 g/mol. The highest BCUT2D eigenvalue weighted by Gasteiger charge is 2.23. The highest BCUT2D eigenvalue weighted by Crippen LogP contribution is 2.29. The molecular weight excluding hydrogens is 288 g/mol. The van der Waals surface area contributed by atoms with Gasteiger partial charge >= 0.3 is 0 Å². The molecule has 0 spiro atoms. The van der Waals surface area contributed by atoms with E-state index in [1.807, 2.05) is 7.05 Å². The summed E-state index contributed by atoms with van der Waals surface area (Å²) >= 11 is 0. The second-order valence-electron chi connectivity index (χ2n) is 7.55. The maximum absolute atomic E-state index is 11.3. The van der Waals surface area contributed by atoms with Crippen LogP contribution in [0.4, 0.5) is 0 Å². The van der Waals surface area contributed by atoms with Gasteiger partial charge in [0.25, 0.3) is 0 Å². The lowest BCUT2D eigenvalue weighted by Gasteiger charge is -2.29. The Bertz CT molecular complexity index is 306. The van der Waals surface area contributed by atoms with Crippen LogP contribution in [0, 0.1) is 11.8 Å². The number of aliphatic hydroxyl groups excluding tert-OH is 1. The van der Waals surface area contributed by atoms with Crippen molar-refractivity contribution in [1.29, 1.82) is 0 Å². The van der Waals surface area contributed by atoms with Gasteiger partial charge in [0.05, 0.1) is 6.04 Å². The van der Waals surface area contributed by atoms with E-state index in [-0.39, 0.29) is 12.0 Å². The van der Waals surface area contributed by atoms with E-state index in [9.17, 15) is 9.90 Å². The Labute approximate surface area is 142 Å². The molecule has 1 saturated carbocycles. The molecule has 0 amide bonds. The molecule has 0 heterocycles. The highest BCUT2D eigenvalue weighted by molar-refractivity contribution is 5.57. The number of carbonyl (C=O) groups is 1. The fourth-order valence-electron chi connectivity index (χ4n) is 3.61. The van der Waals surface area contributed by atoms with Gasteiger partial charge in [-0.3, -0.25) is 5.32 Å². The average Bonchev–Trinajstić information content (AvgIpc) is 2.57. The van der Waals surface area contributed by atoms with E-state index in [0.29, 0.717) is 6.04 Å². The number of aliphatic hydroxyl groups is 1. The molecule has 4 heteroatoms. The molecule has 0 saturated heterocycles. The molecule has 0 aliphatic heterocycles. The van der Waals surface area contributed by atoms with Gasteiger partial charge in [-0.05, 0) is 45.1 Å². The standard InChI is InChI=1S/C19H38N2O2/c1-15(13-17-10-5-4-6-11-17)19(23)21-18(14-22)12-8-7-9-16(2)20-3/h14-21,23H,4-13H2,1-3H3. The fraction of sp³-hybridized carbons (Fsp3) is 0.947. The first-order chi connectivity index (χ1) is 11.1. The summed E-state index contributed by atoms with van der Waals surface area (Å²) < 4.78 is 0. The van der Waals surface area contributed by atoms with Crippen molar-refractivity contribution < 1.29 is 9.90 Å². The van der Waals surface area contributed by atoms with Gasteiger partial charge in [-0.25, -0.2) is 0 Å². The van der Waals surface area contributed by atoms with Crippen molar-refractivity contribution in [2.24, 2.45) is 11.8 Å². The smallest absolute Gasteiger partial charge is 0.136 e. The van der Waals surface area contributed by atoms with Crippen LogP contribution < -0.4 is 10.6 Å². The maximum atomic E-state index is 11.3. The predicted octanol–water partition coefficient (Wildman–Crippen LogP) is 3.24. The molecule has 4 atom stereocenters. The van der Waals surface area contributed by atoms with Gasteiger partial charge in [0.2, 0.25) is 0 Å². The van der Waals surface area contributed by atoms with E-state index in [0.717, 1.165) is 44.3 Å². The quantitative estimate of drug-likeness (QED) is 0.293. The van der Waals surface area contributed by atoms with Crippen molar-refractivity contribution in [2.45, 2.75) is 96.4 Å². The van der Waals surface area contributed by atoms with Crippen LogP contribution in [0.2, 0.25) is 0 Å². The van der Waals surface area contributed by atoms with Crippen LogP contribution >= 0.6 is 0 Å². The van der Waals surface area contributed by atoms with E-state index in [1.54, 1.807) is 0 Å². The van der Waals surface area contributed by atoms with E-state index >= 15 is 0 Å². The van der Waals surface area contributed by atoms with Gasteiger partial charge in [-0.1, -0.05) is 51.9 Å². The van der Waals surface area contributed by atoms with Gasteiger partial charge < -0.3 is 15.2 Å². The third-order valence-corrected chi connectivity index (χ3v) is 5.41. The van der Waals surface area contributed by atoms with Crippen LogP contribution in [0.5, 0.6) is 0 Å². The summed E-state index contributed by atoms with van der Waals surface area (Å²) in [6.07, 6.45) is 12.2. The fourth-order valence-corrected chi connectivity index (χ4v) is 3.61. The minimum absolute atomic E-state index is 0.213. The molecule has 1 fully saturated rings. The molecule has 0 radical (unpaired) electrons. The van der Waals surface area contributed by atoms with Crippen LogP contribution in [0.15, 0.2) is 0 Å². The number of carbonyl (C=O) groups excluding carboxylic acids is 1. The second kappa shape index (κ2) is 12.0. The zero-order chi connectivity index (χ0) is 17.1. The third-order valence-electron chi connectivity index (χ3n) is 5.41. The lowest BCUT2D eigenvalue weighted by molar-refractivity contribution is -0.111. The van der Waals surface area contributed by atoms with Crippen molar-refractivity contribution in [3.05, 3.63) is 0 Å². The number of rotatable bonds is 12. The number of hydrogen-bond donors (Lipinski definition) is 3. The molecule has 1 aliphatic rings. The zero-order valence-corrected chi connectivity index (χ0v) is 15.4. The minimum Gasteiger partial charge on any atom is -0.378 e. The topological polar surface area (TPSA) is 61.4 Å². The first kappa shape index (κ1) is 20.6. The highest BCUT2D eigenvalue weighted by atomic mass is 16.3. The Morgan fingerprint density at radius 1 is 1.13 bits per heavy atom. The summed E-state index contributed by atoms with van der Waals surface area (Å²) in [5.74, 6) is 0.970. The molecular formula is C19H38N2O2. The van der Waals surface area contributed by atoms with Crippen LogP contribution in [0.3, 0.4) is 0 Å². The largest absolute Gasteiger partial charge is 0.378 e. The van der Waals surface area contributed by atoms with Crippen molar-refractivity contribution in [2.75, 3.05) is 7.05 Å². The maximum Gasteiger partial charge on any atom is 0.136 e. The molecule has 136 valence electrons. The normalized spacial score (nSPS) is 21.6. The number of unbranched alkanes of at least 4 members (excludes halogenated alkanes) is 1. The van der Waals surface area contributed by atoms with Crippen molar-refractivity contribution in [3.8, 4) is 0 Å². The van der Waals surface area contributed by atoms with E-state index in [4.69, 9.17) is 0 Å². The van der Waals surface area contributed by atoms with Gasteiger partial charge in [0.15, 0.2) is 0 Å². The Morgan fingerprint density at radius 3 is 2.39 bits per heavy atom. The van der Waals surface area contributed by atoms with Gasteiger partial charge in [-0.2, -0.15) is 0 Å². The molecule has 0 aromatic heterocycles. The summed E-state index contributed by atoms with van der Waals surface area (Å²) in [5, 5.41) is 16.7. The number of hydrogen-bond acceptors (Lipinski definition) is 4. The molecule has 4 nitrogen and oxygen atoms in total. The predicted molar refractivity (Wildman–Crippen MR) is 96.3 cm³/mol. The average molecular weight is 327 g/mol. The van der Waals surface area contributed by atoms with E-state index in [2.05, 4.69) is 24.5 Å². The first-order valence-electron chi connectivity index (χ1n) is 9.63. The summed E-state index contributed by atoms with van der Waals surface area (Å²) in [6.45, 7) is 4.27. The lowest BCUT2D eigenvalue weighted by Crippen LogP contribution is -2.43. The zero-order valence-electron chi connectivity index (χ0n) is 15.4. The molecule has 23 heavy (non-hydrogen) atoms. The second-order valence-corrected chi connectivity index (χ2v) is 7.55. The summed E-state index contributed by atoms with van der Waals surface area (Å²) in [5.41, 5.74) is 0. The minimum atomic E-state index is -0.566. The summed E-state index contributed by atoms with van der Waals surface area (Å²) in [4.78, 5) is 11.3. The van der Waals surface area contributed by atoms with Gasteiger partial charge in [0.1, 0.15) is 12.5 Å². The summed E-state index contributed by atoms with van der Waals surface area (Å²) in [6, 6.07) is 0.308. The first-order valence-corrected chi connectivity index (χ1v) is 9.63. The lowest BCUT2D eigenvalue weighted by atomic mass is 9.83. The van der Waals surface area contributed by atoms with Crippen LogP contribution in [-0.2, 0) is 4.79 Å². The molecule has 3 N–H and O–H groups in total. The number of nitrogens with one attached hydrogen (secondary N) is 2. The van der Waals surface area contributed by atoms with Crippen LogP contribution in [0.25, 0.3) is 0 Å². The van der Waals surface area contributed by atoms with Crippen molar-refractivity contribution in [3.63, 3.8) is 0 Å².